The summed E-state index contributed by atoms with van der Waals surface area (Å²) in [6, 6.07) is 0. The van der Waals surface area contributed by atoms with Crippen LogP contribution in [0.25, 0.3) is 0 Å². The molecule has 0 radical (unpaired) electrons. The highest BCUT2D eigenvalue weighted by Gasteiger charge is 2.27. The zero-order chi connectivity index (χ0) is 10.4. The average molecular weight is 216 g/mol. The van der Waals surface area contributed by atoms with Crippen LogP contribution in [-0.2, 0) is 0 Å². The third-order valence-corrected chi connectivity index (χ3v) is 3.97. The summed E-state index contributed by atoms with van der Waals surface area (Å²) in [6.07, 6.45) is 1.23. The molecule has 0 aromatic heterocycles. The number of piperazine rings is 1. The summed E-state index contributed by atoms with van der Waals surface area (Å²) < 4.78 is 0. The van der Waals surface area contributed by atoms with Crippen LogP contribution in [0.2, 0.25) is 0 Å². The molecule has 14 heavy (non-hydrogen) atoms. The second-order valence-corrected chi connectivity index (χ2v) is 5.71. The first-order valence-electron chi connectivity index (χ1n) is 5.75. The Bertz CT molecular complexity index is 163. The lowest BCUT2D eigenvalue weighted by atomic mass is 9.96. The summed E-state index contributed by atoms with van der Waals surface area (Å²) >= 11 is 2.05. The molecule has 1 aliphatic rings. The van der Waals surface area contributed by atoms with Crippen LogP contribution in [0.5, 0.6) is 0 Å². The summed E-state index contributed by atoms with van der Waals surface area (Å²) in [5.41, 5.74) is 0.356. The standard InChI is InChI=1S/C11H24N2S/c1-4-11(3)10-13(7-6-12-11)8-9-14-5-2/h12H,4-10H2,1-3H3. The van der Waals surface area contributed by atoms with Gasteiger partial charge in [0.15, 0.2) is 0 Å². The maximum atomic E-state index is 3.62. The summed E-state index contributed by atoms with van der Waals surface area (Å²) in [4.78, 5) is 2.60. The van der Waals surface area contributed by atoms with Gasteiger partial charge < -0.3 is 5.32 Å². The van der Waals surface area contributed by atoms with Gasteiger partial charge in [0, 0.05) is 37.5 Å². The molecule has 0 aliphatic carbocycles. The van der Waals surface area contributed by atoms with Gasteiger partial charge in [-0.25, -0.2) is 0 Å². The summed E-state index contributed by atoms with van der Waals surface area (Å²) in [5, 5.41) is 3.62. The monoisotopic (exact) mass is 216 g/mol. The first-order valence-corrected chi connectivity index (χ1v) is 6.91. The molecule has 1 fully saturated rings. The van der Waals surface area contributed by atoms with E-state index >= 15 is 0 Å². The molecule has 3 heteroatoms. The molecule has 1 unspecified atom stereocenters. The summed E-state index contributed by atoms with van der Waals surface area (Å²) in [7, 11) is 0. The van der Waals surface area contributed by atoms with Crippen molar-refractivity contribution >= 4 is 11.8 Å². The Labute approximate surface area is 92.8 Å². The van der Waals surface area contributed by atoms with Crippen molar-refractivity contribution < 1.29 is 0 Å². The quantitative estimate of drug-likeness (QED) is 0.706. The van der Waals surface area contributed by atoms with Gasteiger partial charge in [-0.1, -0.05) is 13.8 Å². The highest BCUT2D eigenvalue weighted by molar-refractivity contribution is 7.99. The second kappa shape index (κ2) is 5.99. The lowest BCUT2D eigenvalue weighted by molar-refractivity contribution is 0.147. The topological polar surface area (TPSA) is 15.3 Å². The molecular weight excluding hydrogens is 192 g/mol. The Morgan fingerprint density at radius 2 is 2.21 bits per heavy atom. The maximum Gasteiger partial charge on any atom is 0.0278 e. The molecule has 1 rings (SSSR count). The Balaban J connectivity index is 2.25. The van der Waals surface area contributed by atoms with E-state index in [-0.39, 0.29) is 0 Å². The van der Waals surface area contributed by atoms with E-state index < -0.39 is 0 Å². The molecule has 84 valence electrons. The number of nitrogens with one attached hydrogen (secondary N) is 1. The van der Waals surface area contributed by atoms with Gasteiger partial charge >= 0.3 is 0 Å². The summed E-state index contributed by atoms with van der Waals surface area (Å²) in [6.45, 7) is 11.7. The fourth-order valence-electron chi connectivity index (χ4n) is 1.91. The summed E-state index contributed by atoms with van der Waals surface area (Å²) in [5.74, 6) is 2.54. The normalized spacial score (nSPS) is 29.4. The fraction of sp³-hybridized carbons (Fsp3) is 1.00. The Morgan fingerprint density at radius 1 is 1.43 bits per heavy atom. The van der Waals surface area contributed by atoms with Crippen molar-refractivity contribution in [3.05, 3.63) is 0 Å². The molecule has 1 aliphatic heterocycles. The zero-order valence-corrected chi connectivity index (χ0v) is 10.6. The highest BCUT2D eigenvalue weighted by atomic mass is 32.2. The van der Waals surface area contributed by atoms with Gasteiger partial charge in [0.25, 0.3) is 0 Å². The van der Waals surface area contributed by atoms with E-state index in [9.17, 15) is 0 Å². The number of rotatable bonds is 5. The Hall–Kier alpha value is 0.270. The van der Waals surface area contributed by atoms with E-state index in [2.05, 4.69) is 31.0 Å². The number of hydrogen-bond acceptors (Lipinski definition) is 3. The second-order valence-electron chi connectivity index (χ2n) is 4.31. The van der Waals surface area contributed by atoms with Gasteiger partial charge in [-0.15, -0.1) is 0 Å². The van der Waals surface area contributed by atoms with Crippen LogP contribution < -0.4 is 5.32 Å². The van der Waals surface area contributed by atoms with E-state index in [1.54, 1.807) is 0 Å². The third-order valence-electron chi connectivity index (χ3n) is 3.09. The van der Waals surface area contributed by atoms with Crippen LogP contribution in [0.3, 0.4) is 0 Å². The van der Waals surface area contributed by atoms with Crippen molar-refractivity contribution in [2.75, 3.05) is 37.7 Å². The van der Waals surface area contributed by atoms with Gasteiger partial charge in [0.2, 0.25) is 0 Å². The van der Waals surface area contributed by atoms with Crippen LogP contribution in [0.15, 0.2) is 0 Å². The minimum absolute atomic E-state index is 0.356. The molecule has 0 aromatic rings. The minimum Gasteiger partial charge on any atom is -0.309 e. The van der Waals surface area contributed by atoms with Crippen molar-refractivity contribution in [2.45, 2.75) is 32.7 Å². The molecule has 1 heterocycles. The first kappa shape index (κ1) is 12.3. The Morgan fingerprint density at radius 3 is 2.86 bits per heavy atom. The maximum absolute atomic E-state index is 3.62. The molecule has 0 amide bonds. The number of hydrogen-bond donors (Lipinski definition) is 1. The SMILES string of the molecule is CCSCCN1CCNC(C)(CC)C1. The Kier molecular flexibility index (Phi) is 5.28. The predicted octanol–water partition coefficient (Wildman–Crippen LogP) is 1.81. The largest absolute Gasteiger partial charge is 0.309 e. The van der Waals surface area contributed by atoms with Crippen molar-refractivity contribution in [3.63, 3.8) is 0 Å². The van der Waals surface area contributed by atoms with Gasteiger partial charge in [0.1, 0.15) is 0 Å². The highest BCUT2D eigenvalue weighted by Crippen LogP contribution is 2.15. The molecule has 1 saturated heterocycles. The van der Waals surface area contributed by atoms with Crippen LogP contribution in [-0.4, -0.2) is 48.1 Å². The molecule has 1 atom stereocenters. The van der Waals surface area contributed by atoms with E-state index in [4.69, 9.17) is 0 Å². The molecule has 0 saturated carbocycles. The van der Waals surface area contributed by atoms with E-state index in [0.717, 1.165) is 6.54 Å². The molecule has 0 aromatic carbocycles. The molecular formula is C11H24N2S. The van der Waals surface area contributed by atoms with Crippen LogP contribution in [0.1, 0.15) is 27.2 Å². The van der Waals surface area contributed by atoms with Crippen LogP contribution in [0.4, 0.5) is 0 Å². The van der Waals surface area contributed by atoms with Crippen LogP contribution in [0, 0.1) is 0 Å². The predicted molar refractivity (Wildman–Crippen MR) is 66.1 cm³/mol. The number of nitrogens with zero attached hydrogens (tertiary/aromatic N) is 1. The van der Waals surface area contributed by atoms with Crippen LogP contribution >= 0.6 is 11.8 Å². The molecule has 2 nitrogen and oxygen atoms in total. The molecule has 0 spiro atoms. The lowest BCUT2D eigenvalue weighted by Gasteiger charge is -2.41. The van der Waals surface area contributed by atoms with Crippen molar-refractivity contribution in [1.29, 1.82) is 0 Å². The van der Waals surface area contributed by atoms with Gasteiger partial charge in [-0.2, -0.15) is 11.8 Å². The smallest absolute Gasteiger partial charge is 0.0278 e. The third kappa shape index (κ3) is 3.79. The van der Waals surface area contributed by atoms with Gasteiger partial charge in [-0.3, -0.25) is 4.90 Å². The van der Waals surface area contributed by atoms with Gasteiger partial charge in [-0.05, 0) is 19.1 Å². The first-order chi connectivity index (χ1) is 6.70. The minimum atomic E-state index is 0.356. The van der Waals surface area contributed by atoms with E-state index in [1.807, 2.05) is 11.8 Å². The zero-order valence-electron chi connectivity index (χ0n) is 9.81. The van der Waals surface area contributed by atoms with E-state index in [1.165, 1.54) is 37.6 Å². The van der Waals surface area contributed by atoms with E-state index in [0.29, 0.717) is 5.54 Å². The van der Waals surface area contributed by atoms with Crippen molar-refractivity contribution in [2.24, 2.45) is 0 Å². The fourth-order valence-corrected chi connectivity index (χ4v) is 2.59. The van der Waals surface area contributed by atoms with Crippen molar-refractivity contribution in [1.82, 2.24) is 10.2 Å². The lowest BCUT2D eigenvalue weighted by Crippen LogP contribution is -2.58. The number of thioether (sulfide) groups is 1. The average Bonchev–Trinajstić information content (AvgIpc) is 2.19. The van der Waals surface area contributed by atoms with Crippen molar-refractivity contribution in [3.8, 4) is 0 Å². The van der Waals surface area contributed by atoms with Gasteiger partial charge in [0.05, 0.1) is 0 Å². The molecule has 0 bridgehead atoms. The molecule has 1 N–H and O–H groups in total.